The Labute approximate surface area is 94.0 Å². The third-order valence-corrected chi connectivity index (χ3v) is 3.37. The quantitative estimate of drug-likeness (QED) is 0.675. The molecule has 0 radical (unpaired) electrons. The number of aromatic amines is 1. The van der Waals surface area contributed by atoms with Crippen molar-refractivity contribution >= 4 is 5.91 Å². The van der Waals surface area contributed by atoms with Gasteiger partial charge in [0.1, 0.15) is 12.2 Å². The molecule has 0 aromatic carbocycles. The van der Waals surface area contributed by atoms with Crippen molar-refractivity contribution in [1.82, 2.24) is 20.5 Å². The zero-order valence-electron chi connectivity index (χ0n) is 9.36. The van der Waals surface area contributed by atoms with Crippen LogP contribution in [0.1, 0.15) is 38.1 Å². The second kappa shape index (κ2) is 4.21. The zero-order valence-corrected chi connectivity index (χ0v) is 9.36. The Kier molecular flexibility index (Phi) is 2.91. The smallest absolute Gasteiger partial charge is 0.228 e. The summed E-state index contributed by atoms with van der Waals surface area (Å²) in [6, 6.07) is -0.154. The van der Waals surface area contributed by atoms with E-state index >= 15 is 0 Å². The molecule has 0 spiro atoms. The molecule has 1 amide bonds. The summed E-state index contributed by atoms with van der Waals surface area (Å²) in [5, 5.41) is 9.42. The van der Waals surface area contributed by atoms with Gasteiger partial charge in [0.25, 0.3) is 0 Å². The van der Waals surface area contributed by atoms with Gasteiger partial charge in [-0.2, -0.15) is 5.10 Å². The van der Waals surface area contributed by atoms with Gasteiger partial charge >= 0.3 is 0 Å². The summed E-state index contributed by atoms with van der Waals surface area (Å²) >= 11 is 0. The number of aromatic nitrogens is 3. The van der Waals surface area contributed by atoms with E-state index in [-0.39, 0.29) is 17.4 Å². The van der Waals surface area contributed by atoms with Gasteiger partial charge in [0.15, 0.2) is 0 Å². The maximum atomic E-state index is 12.0. The lowest BCUT2D eigenvalue weighted by atomic mass is 9.68. The van der Waals surface area contributed by atoms with Crippen molar-refractivity contribution in [2.45, 2.75) is 32.2 Å². The Hall–Kier alpha value is -1.43. The van der Waals surface area contributed by atoms with Gasteiger partial charge in [0.05, 0.1) is 11.5 Å². The number of hydrogen-bond acceptors (Lipinski definition) is 4. The van der Waals surface area contributed by atoms with Crippen LogP contribution < -0.4 is 11.1 Å². The highest BCUT2D eigenvalue weighted by Gasteiger charge is 2.43. The Morgan fingerprint density at radius 3 is 2.94 bits per heavy atom. The highest BCUT2D eigenvalue weighted by Crippen LogP contribution is 2.40. The first-order chi connectivity index (χ1) is 7.68. The van der Waals surface area contributed by atoms with Gasteiger partial charge in [-0.05, 0) is 19.8 Å². The minimum atomic E-state index is -0.339. The third kappa shape index (κ3) is 1.80. The number of rotatable bonds is 4. The number of nitrogens with one attached hydrogen (secondary N) is 2. The summed E-state index contributed by atoms with van der Waals surface area (Å²) in [4.78, 5) is 16.0. The van der Waals surface area contributed by atoms with Crippen LogP contribution in [0.25, 0.3) is 0 Å². The van der Waals surface area contributed by atoms with Gasteiger partial charge < -0.3 is 11.1 Å². The maximum Gasteiger partial charge on any atom is 0.228 e. The van der Waals surface area contributed by atoms with Gasteiger partial charge in [0, 0.05) is 6.54 Å². The Morgan fingerprint density at radius 2 is 2.50 bits per heavy atom. The molecular weight excluding hydrogens is 206 g/mol. The van der Waals surface area contributed by atoms with Crippen LogP contribution in [0.2, 0.25) is 0 Å². The fraction of sp³-hybridized carbons (Fsp3) is 0.700. The second-order valence-electron chi connectivity index (χ2n) is 4.40. The summed E-state index contributed by atoms with van der Waals surface area (Å²) in [5.74, 6) is 0.699. The molecule has 1 fully saturated rings. The molecule has 0 saturated heterocycles. The van der Waals surface area contributed by atoms with E-state index in [0.29, 0.717) is 12.4 Å². The van der Waals surface area contributed by atoms with Crippen LogP contribution in [-0.4, -0.2) is 27.6 Å². The monoisotopic (exact) mass is 223 g/mol. The van der Waals surface area contributed by atoms with Crippen molar-refractivity contribution < 1.29 is 4.79 Å². The standard InChI is InChI=1S/C10H17N5O/c1-7(8-12-6-13-15-8)14-9(16)10(5-11)3-2-4-10/h6-7H,2-5,11H2,1H3,(H,14,16)(H,12,13,15). The lowest BCUT2D eigenvalue weighted by Crippen LogP contribution is -2.50. The molecule has 1 saturated carbocycles. The highest BCUT2D eigenvalue weighted by molar-refractivity contribution is 5.84. The number of nitrogens with two attached hydrogens (primary N) is 1. The van der Waals surface area contributed by atoms with Crippen molar-refractivity contribution in [3.05, 3.63) is 12.2 Å². The van der Waals surface area contributed by atoms with Crippen molar-refractivity contribution in [3.8, 4) is 0 Å². The van der Waals surface area contributed by atoms with Crippen LogP contribution in [0.4, 0.5) is 0 Å². The molecule has 1 atom stereocenters. The van der Waals surface area contributed by atoms with Crippen LogP contribution in [0.5, 0.6) is 0 Å². The fourth-order valence-corrected chi connectivity index (χ4v) is 1.97. The molecule has 0 aliphatic heterocycles. The largest absolute Gasteiger partial charge is 0.346 e. The average Bonchev–Trinajstić information content (AvgIpc) is 2.69. The first-order valence-corrected chi connectivity index (χ1v) is 5.54. The molecule has 1 aromatic heterocycles. The Bertz CT molecular complexity index is 352. The SMILES string of the molecule is CC(NC(=O)C1(CN)CCC1)c1ncn[nH]1. The van der Waals surface area contributed by atoms with E-state index in [1.54, 1.807) is 0 Å². The van der Waals surface area contributed by atoms with Gasteiger partial charge in [-0.25, -0.2) is 4.98 Å². The van der Waals surface area contributed by atoms with E-state index in [0.717, 1.165) is 19.3 Å². The summed E-state index contributed by atoms with van der Waals surface area (Å²) in [5.41, 5.74) is 5.33. The normalized spacial score (nSPS) is 19.9. The number of carbonyl (C=O) groups is 1. The lowest BCUT2D eigenvalue weighted by Gasteiger charge is -2.39. The highest BCUT2D eigenvalue weighted by atomic mass is 16.2. The summed E-state index contributed by atoms with van der Waals surface area (Å²) in [6.45, 7) is 2.29. The molecule has 1 aliphatic rings. The molecule has 1 aromatic rings. The van der Waals surface area contributed by atoms with Gasteiger partial charge in [0.2, 0.25) is 5.91 Å². The van der Waals surface area contributed by atoms with Gasteiger partial charge in [-0.1, -0.05) is 6.42 Å². The molecule has 4 N–H and O–H groups in total. The van der Waals surface area contributed by atoms with E-state index in [2.05, 4.69) is 20.5 Å². The van der Waals surface area contributed by atoms with Crippen LogP contribution in [0, 0.1) is 5.41 Å². The van der Waals surface area contributed by atoms with Crippen LogP contribution >= 0.6 is 0 Å². The van der Waals surface area contributed by atoms with Crippen LogP contribution in [0.3, 0.4) is 0 Å². The van der Waals surface area contributed by atoms with E-state index < -0.39 is 0 Å². The molecule has 1 unspecified atom stereocenters. The maximum absolute atomic E-state index is 12.0. The number of amides is 1. The minimum absolute atomic E-state index is 0.0325. The van der Waals surface area contributed by atoms with Crippen molar-refractivity contribution in [2.75, 3.05) is 6.54 Å². The minimum Gasteiger partial charge on any atom is -0.346 e. The van der Waals surface area contributed by atoms with Gasteiger partial charge in [-0.15, -0.1) is 0 Å². The van der Waals surface area contributed by atoms with Crippen molar-refractivity contribution in [2.24, 2.45) is 11.1 Å². The fourth-order valence-electron chi connectivity index (χ4n) is 1.97. The first kappa shape index (κ1) is 11.1. The van der Waals surface area contributed by atoms with Crippen molar-refractivity contribution in [3.63, 3.8) is 0 Å². The van der Waals surface area contributed by atoms with Crippen LogP contribution in [0.15, 0.2) is 6.33 Å². The van der Waals surface area contributed by atoms with E-state index in [9.17, 15) is 4.79 Å². The van der Waals surface area contributed by atoms with Crippen LogP contribution in [-0.2, 0) is 4.79 Å². The summed E-state index contributed by atoms with van der Waals surface area (Å²) in [7, 11) is 0. The average molecular weight is 223 g/mol. The molecule has 88 valence electrons. The van der Waals surface area contributed by atoms with E-state index in [1.807, 2.05) is 6.92 Å². The molecule has 0 bridgehead atoms. The summed E-state index contributed by atoms with van der Waals surface area (Å²) < 4.78 is 0. The predicted octanol–water partition coefficient (Wildman–Crippen LogP) is 0.111. The Morgan fingerprint density at radius 1 is 1.75 bits per heavy atom. The number of H-pyrrole nitrogens is 1. The molecule has 1 aliphatic carbocycles. The number of hydrogen-bond donors (Lipinski definition) is 3. The van der Waals surface area contributed by atoms with Crippen molar-refractivity contribution in [1.29, 1.82) is 0 Å². The van der Waals surface area contributed by atoms with Gasteiger partial charge in [-0.3, -0.25) is 9.89 Å². The second-order valence-corrected chi connectivity index (χ2v) is 4.40. The number of carbonyl (C=O) groups excluding carboxylic acids is 1. The van der Waals surface area contributed by atoms with E-state index in [1.165, 1.54) is 6.33 Å². The molecule has 1 heterocycles. The molecule has 6 heteroatoms. The van der Waals surface area contributed by atoms with E-state index in [4.69, 9.17) is 5.73 Å². The first-order valence-electron chi connectivity index (χ1n) is 5.54. The molecule has 6 nitrogen and oxygen atoms in total. The third-order valence-electron chi connectivity index (χ3n) is 3.37. The zero-order chi connectivity index (χ0) is 11.6. The predicted molar refractivity (Wildman–Crippen MR) is 58.3 cm³/mol. The Balaban J connectivity index is 1.97. The molecule has 16 heavy (non-hydrogen) atoms. The molecular formula is C10H17N5O. The topological polar surface area (TPSA) is 96.7 Å². The lowest BCUT2D eigenvalue weighted by molar-refractivity contribution is -0.135. The summed E-state index contributed by atoms with van der Waals surface area (Å²) in [6.07, 6.45) is 4.29. The molecule has 2 rings (SSSR count). The number of nitrogens with zero attached hydrogens (tertiary/aromatic N) is 2.